The Bertz CT molecular complexity index is 2050. The highest BCUT2D eigenvalue weighted by molar-refractivity contribution is 5.77. The molecule has 30 atom stereocenters. The number of ether oxygens (including phenoxy) is 14. The van der Waals surface area contributed by atoms with E-state index >= 15 is 0 Å². The Kier molecular flexibility index (Phi) is 20.0. The number of hydrogen-bond donors (Lipinski definition) is 17. The zero-order chi connectivity index (χ0) is 56.7. The van der Waals surface area contributed by atoms with E-state index in [2.05, 4.69) is 14.2 Å². The Hall–Kier alpha value is -4.18. The number of carboxylic acids is 3. The molecule has 37 heteroatoms. The molecule has 434 valence electrons. The van der Waals surface area contributed by atoms with Gasteiger partial charge in [0.05, 0.1) is 21.3 Å². The quantitative estimate of drug-likeness (QED) is 0.0504. The molecule has 0 amide bonds. The van der Waals surface area contributed by atoms with Crippen LogP contribution in [0.5, 0.6) is 0 Å². The summed E-state index contributed by atoms with van der Waals surface area (Å²) in [6.45, 7) is 0. The molecule has 0 aliphatic carbocycles. The highest BCUT2D eigenvalue weighted by Crippen LogP contribution is 2.37. The molecule has 0 spiro atoms. The number of aliphatic carboxylic acids is 3. The number of carboxylic acid groups (broad SMARTS) is 3. The van der Waals surface area contributed by atoms with Crippen LogP contribution in [0.2, 0.25) is 0 Å². The molecule has 0 saturated carbocycles. The summed E-state index contributed by atoms with van der Waals surface area (Å²) in [7, 11) is 2.51. The third kappa shape index (κ3) is 12.0. The van der Waals surface area contributed by atoms with Gasteiger partial charge in [0.25, 0.3) is 0 Å². The zero-order valence-electron chi connectivity index (χ0n) is 39.1. The lowest BCUT2D eigenvalue weighted by molar-refractivity contribution is -0.386. The fraction of sp³-hybridized carbons (Fsp3) is 0.846. The van der Waals surface area contributed by atoms with E-state index in [0.29, 0.717) is 0 Å². The molecule has 0 bridgehead atoms. The molecule has 6 heterocycles. The van der Waals surface area contributed by atoms with Crippen molar-refractivity contribution >= 4 is 35.8 Å². The molecule has 6 saturated heterocycles. The topological polar surface area (TPSA) is 576 Å². The van der Waals surface area contributed by atoms with Crippen LogP contribution < -0.4 is 0 Å². The SMILES string of the molecule is COC(=O)[C@H]1O[C@H](O[C@@H]2[C@H](O)[C@@H](O)[C@@H](O[C@@H]3[C@H](O)[C@@H](O)[C@@H](O[C@@H]4[C@H](O)[C@@H](O)[C@@H](O[C@@H]5[C@H](O)[C@@H](O)[C@@H](O[C@@H]6[C@H](O)[C@@H](O)[C@@H](O)O[C@@H]6C(=O)OC)O[C@@H]5C(=O)O)O[C@@H]4C(=O)O)O[C@@H]3C(=O)O)O[C@@H]2C(=O)OC)[C@H](O)[C@@H](O)[C@H]1O. The molecule has 17 N–H and O–H groups in total. The van der Waals surface area contributed by atoms with Gasteiger partial charge in [-0.1, -0.05) is 0 Å². The second-order valence-corrected chi connectivity index (χ2v) is 17.5. The van der Waals surface area contributed by atoms with Crippen LogP contribution in [-0.4, -0.2) is 328 Å². The minimum atomic E-state index is -2.61. The van der Waals surface area contributed by atoms with Crippen LogP contribution in [0.4, 0.5) is 0 Å². The van der Waals surface area contributed by atoms with Gasteiger partial charge in [-0.2, -0.15) is 0 Å². The number of aliphatic hydroxyl groups is 14. The van der Waals surface area contributed by atoms with Gasteiger partial charge in [0, 0.05) is 0 Å². The minimum Gasteiger partial charge on any atom is -0.479 e. The zero-order valence-corrected chi connectivity index (χ0v) is 39.1. The van der Waals surface area contributed by atoms with Crippen LogP contribution in [-0.2, 0) is 95.1 Å². The molecule has 37 nitrogen and oxygen atoms in total. The van der Waals surface area contributed by atoms with Crippen LogP contribution >= 0.6 is 0 Å². The van der Waals surface area contributed by atoms with Gasteiger partial charge >= 0.3 is 35.8 Å². The van der Waals surface area contributed by atoms with E-state index < -0.39 is 220 Å². The van der Waals surface area contributed by atoms with E-state index in [0.717, 1.165) is 21.3 Å². The van der Waals surface area contributed by atoms with Gasteiger partial charge in [0.1, 0.15) is 110 Å². The highest BCUT2D eigenvalue weighted by atomic mass is 16.8. The second-order valence-electron chi connectivity index (χ2n) is 17.5. The van der Waals surface area contributed by atoms with Crippen LogP contribution in [0.3, 0.4) is 0 Å². The molecule has 6 aliphatic rings. The van der Waals surface area contributed by atoms with Crippen molar-refractivity contribution in [3.05, 3.63) is 0 Å². The van der Waals surface area contributed by atoms with E-state index in [-0.39, 0.29) is 0 Å². The molecule has 0 unspecified atom stereocenters. The first-order chi connectivity index (χ1) is 35.6. The average molecular weight is 1120 g/mol. The van der Waals surface area contributed by atoms with Crippen molar-refractivity contribution in [2.24, 2.45) is 0 Å². The third-order valence-corrected chi connectivity index (χ3v) is 12.8. The fourth-order valence-corrected chi connectivity index (χ4v) is 8.66. The van der Waals surface area contributed by atoms with Gasteiger partial charge in [-0.3, -0.25) is 0 Å². The molecule has 76 heavy (non-hydrogen) atoms. The molecule has 6 aliphatic heterocycles. The molecule has 0 aromatic rings. The Morgan fingerprint density at radius 2 is 0.500 bits per heavy atom. The van der Waals surface area contributed by atoms with Gasteiger partial charge in [0.15, 0.2) is 74.4 Å². The molecule has 0 aromatic carbocycles. The van der Waals surface area contributed by atoms with Crippen molar-refractivity contribution in [1.82, 2.24) is 0 Å². The van der Waals surface area contributed by atoms with E-state index in [9.17, 15) is 116 Å². The van der Waals surface area contributed by atoms with Crippen LogP contribution in [0.25, 0.3) is 0 Å². The first-order valence-corrected chi connectivity index (χ1v) is 22.3. The van der Waals surface area contributed by atoms with Gasteiger partial charge < -0.3 is 153 Å². The Morgan fingerprint density at radius 3 is 0.789 bits per heavy atom. The van der Waals surface area contributed by atoms with Crippen molar-refractivity contribution in [3.63, 3.8) is 0 Å². The first kappa shape index (κ1) is 61.0. The first-order valence-electron chi connectivity index (χ1n) is 22.3. The van der Waals surface area contributed by atoms with E-state index in [1.54, 1.807) is 0 Å². The maximum atomic E-state index is 12.9. The lowest BCUT2D eigenvalue weighted by Gasteiger charge is -2.48. The predicted octanol–water partition coefficient (Wildman–Crippen LogP) is -13.3. The van der Waals surface area contributed by atoms with Crippen molar-refractivity contribution in [1.29, 1.82) is 0 Å². The van der Waals surface area contributed by atoms with Gasteiger partial charge in [-0.15, -0.1) is 0 Å². The van der Waals surface area contributed by atoms with Crippen LogP contribution in [0, 0.1) is 0 Å². The van der Waals surface area contributed by atoms with Crippen molar-refractivity contribution in [2.75, 3.05) is 21.3 Å². The van der Waals surface area contributed by atoms with E-state index in [1.807, 2.05) is 0 Å². The normalized spacial score (nSPS) is 48.0. The standard InChI is InChI=1S/C39H56O37/c1-63-32(60)22-5(41)4(40)12(48)35(72-22)71-21-10(46)16(52)39(76-27(21)34(62)65-3)69-19-8(44)14(50)37(74-25(19)30(57)58)67-17-7(43)13(49)36(73-23(17)28(53)54)68-18-9(45)15(51)38(75-24(18)29(55)56)70-20-6(42)11(47)31(59)66-26(20)33(61)64-2/h4-27,31,35-52,59H,1-3H3,(H,53,54)(H,55,56)(H,57,58)/t4-,5+,6+,7+,8+,9+,10+,11+,12+,13+,14+,15+,16+,17+,18+,19+,20+,21+,22-,23-,24-,25-,26-,27-,31-,35-,36-,37-,38-,39-/m0/s1. The van der Waals surface area contributed by atoms with E-state index in [4.69, 9.17) is 52.1 Å². The predicted molar refractivity (Wildman–Crippen MR) is 216 cm³/mol. The smallest absolute Gasteiger partial charge is 0.337 e. The van der Waals surface area contributed by atoms with Gasteiger partial charge in [-0.25, -0.2) is 28.8 Å². The molecule has 6 rings (SSSR count). The number of carbonyl (C=O) groups is 6. The number of carbonyl (C=O) groups excluding carboxylic acids is 3. The minimum absolute atomic E-state index is 0.790. The second kappa shape index (κ2) is 24.9. The highest BCUT2D eigenvalue weighted by Gasteiger charge is 2.61. The molecular formula is C39H56O37. The van der Waals surface area contributed by atoms with E-state index in [1.165, 1.54) is 0 Å². The maximum Gasteiger partial charge on any atom is 0.337 e. The van der Waals surface area contributed by atoms with Gasteiger partial charge in [-0.05, 0) is 0 Å². The third-order valence-electron chi connectivity index (χ3n) is 12.8. The Labute approximate surface area is 423 Å². The average Bonchev–Trinajstić information content (AvgIpc) is 3.38. The summed E-state index contributed by atoms with van der Waals surface area (Å²) in [6, 6.07) is 0. The van der Waals surface area contributed by atoms with Crippen molar-refractivity contribution in [2.45, 2.75) is 184 Å². The van der Waals surface area contributed by atoms with Crippen molar-refractivity contribution < 1.29 is 182 Å². The molecule has 0 radical (unpaired) electrons. The summed E-state index contributed by atoms with van der Waals surface area (Å²) in [5.74, 6) is -10.2. The fourth-order valence-electron chi connectivity index (χ4n) is 8.66. The largest absolute Gasteiger partial charge is 0.479 e. The number of aliphatic hydroxyl groups excluding tert-OH is 14. The molecular weight excluding hydrogens is 1060 g/mol. The number of esters is 3. The Morgan fingerprint density at radius 1 is 0.276 bits per heavy atom. The van der Waals surface area contributed by atoms with Crippen LogP contribution in [0.15, 0.2) is 0 Å². The number of hydrogen-bond acceptors (Lipinski definition) is 34. The lowest BCUT2D eigenvalue weighted by Crippen LogP contribution is -2.69. The van der Waals surface area contributed by atoms with Crippen molar-refractivity contribution in [3.8, 4) is 0 Å². The summed E-state index contributed by atoms with van der Waals surface area (Å²) in [5, 5.41) is 181. The number of methoxy groups -OCH3 is 3. The molecule has 0 aromatic heterocycles. The maximum absolute atomic E-state index is 12.9. The lowest BCUT2D eigenvalue weighted by atomic mass is 9.95. The molecule has 6 fully saturated rings. The summed E-state index contributed by atoms with van der Waals surface area (Å²) in [6.07, 6.45) is -71.0. The van der Waals surface area contributed by atoms with Gasteiger partial charge in [0.2, 0.25) is 0 Å². The summed E-state index contributed by atoms with van der Waals surface area (Å²) < 4.78 is 71.8. The Balaban J connectivity index is 1.14. The summed E-state index contributed by atoms with van der Waals surface area (Å²) >= 11 is 0. The summed E-state index contributed by atoms with van der Waals surface area (Å²) in [5.41, 5.74) is 0. The monoisotopic (exact) mass is 1120 g/mol. The number of rotatable bonds is 16. The summed E-state index contributed by atoms with van der Waals surface area (Å²) in [4.78, 5) is 75.0. The van der Waals surface area contributed by atoms with Crippen LogP contribution in [0.1, 0.15) is 0 Å².